The van der Waals surface area contributed by atoms with Crippen molar-refractivity contribution in [1.82, 2.24) is 5.32 Å². The lowest BCUT2D eigenvalue weighted by atomic mass is 10.2. The predicted octanol–water partition coefficient (Wildman–Crippen LogP) is 2.99. The number of hydrogen-bond acceptors (Lipinski definition) is 3. The smallest absolute Gasteiger partial charge is 0.157 e. The molecule has 0 aliphatic carbocycles. The van der Waals surface area contributed by atoms with E-state index >= 15 is 0 Å². The highest BCUT2D eigenvalue weighted by Crippen LogP contribution is 2.25. The van der Waals surface area contributed by atoms with Crippen LogP contribution in [0.1, 0.15) is 34.1 Å². The van der Waals surface area contributed by atoms with Gasteiger partial charge in [0, 0.05) is 16.0 Å². The first-order valence-electron chi connectivity index (χ1n) is 5.46. The molecule has 0 bridgehead atoms. The first kappa shape index (κ1) is 13.2. The maximum absolute atomic E-state index is 4.67. The Morgan fingerprint density at radius 1 is 1.53 bits per heavy atom. The summed E-state index contributed by atoms with van der Waals surface area (Å²) >= 11 is 3.74. The minimum Gasteiger partial charge on any atom is -0.362 e. The van der Waals surface area contributed by atoms with Crippen molar-refractivity contribution in [3.63, 3.8) is 0 Å². The molecule has 15 heavy (non-hydrogen) atoms. The average molecular weight is 246 g/mol. The van der Waals surface area contributed by atoms with Gasteiger partial charge in [-0.2, -0.15) is 11.8 Å². The van der Waals surface area contributed by atoms with Crippen LogP contribution in [0.5, 0.6) is 0 Å². The molecule has 2 atom stereocenters. The third kappa shape index (κ3) is 4.68. The normalized spacial score (nSPS) is 30.3. The van der Waals surface area contributed by atoms with E-state index in [1.807, 2.05) is 23.5 Å². The van der Waals surface area contributed by atoms with Crippen molar-refractivity contribution >= 4 is 28.7 Å². The molecule has 4 heteroatoms. The molecule has 1 fully saturated rings. The van der Waals surface area contributed by atoms with Crippen molar-refractivity contribution in [1.29, 1.82) is 0 Å². The van der Waals surface area contributed by atoms with Gasteiger partial charge in [-0.15, -0.1) is 0 Å². The standard InChI is InChI=1S/C11H22N2S2/c1-8-6-9(2)15-10(13-8)12-7-11(3,4)14-5/h8-9H,6-7H2,1-5H3,(H,12,13). The van der Waals surface area contributed by atoms with E-state index < -0.39 is 0 Å². The fourth-order valence-electron chi connectivity index (χ4n) is 1.45. The zero-order valence-corrected chi connectivity index (χ0v) is 12.0. The SMILES string of the molecule is CSC(C)(C)CN=C1NC(C)CC(C)S1. The molecule has 1 saturated heterocycles. The predicted molar refractivity (Wildman–Crippen MR) is 74.2 cm³/mol. The van der Waals surface area contributed by atoms with Gasteiger partial charge in [0.1, 0.15) is 0 Å². The lowest BCUT2D eigenvalue weighted by molar-refractivity contribution is 0.595. The molecular formula is C11H22N2S2. The third-order valence-electron chi connectivity index (χ3n) is 2.52. The van der Waals surface area contributed by atoms with Crippen molar-refractivity contribution in [2.45, 2.75) is 50.2 Å². The summed E-state index contributed by atoms with van der Waals surface area (Å²) in [5, 5.41) is 5.27. The molecule has 1 rings (SSSR count). The van der Waals surface area contributed by atoms with Gasteiger partial charge < -0.3 is 5.32 Å². The first-order chi connectivity index (χ1) is 6.93. The Labute approximate surface area is 102 Å². The largest absolute Gasteiger partial charge is 0.362 e. The number of rotatable bonds is 3. The molecule has 0 aromatic carbocycles. The van der Waals surface area contributed by atoms with Gasteiger partial charge in [0.2, 0.25) is 0 Å². The quantitative estimate of drug-likeness (QED) is 0.828. The number of nitrogens with zero attached hydrogens (tertiary/aromatic N) is 1. The molecule has 0 radical (unpaired) electrons. The summed E-state index contributed by atoms with van der Waals surface area (Å²) in [4.78, 5) is 4.67. The molecule has 1 N–H and O–H groups in total. The summed E-state index contributed by atoms with van der Waals surface area (Å²) < 4.78 is 0.249. The van der Waals surface area contributed by atoms with Crippen molar-refractivity contribution in [3.05, 3.63) is 0 Å². The zero-order valence-electron chi connectivity index (χ0n) is 10.3. The highest BCUT2D eigenvalue weighted by Gasteiger charge is 2.21. The Bertz CT molecular complexity index is 227. The van der Waals surface area contributed by atoms with E-state index in [2.05, 4.69) is 44.3 Å². The molecule has 2 unspecified atom stereocenters. The van der Waals surface area contributed by atoms with Crippen LogP contribution in [0.3, 0.4) is 0 Å². The van der Waals surface area contributed by atoms with Gasteiger partial charge >= 0.3 is 0 Å². The number of nitrogens with one attached hydrogen (secondary N) is 1. The number of amidine groups is 1. The van der Waals surface area contributed by atoms with E-state index in [0.29, 0.717) is 11.3 Å². The molecular weight excluding hydrogens is 224 g/mol. The Kier molecular flexibility index (Phi) is 4.84. The van der Waals surface area contributed by atoms with E-state index in [4.69, 9.17) is 0 Å². The molecule has 1 aliphatic rings. The van der Waals surface area contributed by atoms with E-state index in [1.54, 1.807) is 0 Å². The summed E-state index contributed by atoms with van der Waals surface area (Å²) in [5.41, 5.74) is 0. The second kappa shape index (κ2) is 5.48. The molecule has 1 heterocycles. The van der Waals surface area contributed by atoms with Crippen LogP contribution >= 0.6 is 23.5 Å². The van der Waals surface area contributed by atoms with Crippen LogP contribution in [0.25, 0.3) is 0 Å². The number of thioether (sulfide) groups is 2. The monoisotopic (exact) mass is 246 g/mol. The van der Waals surface area contributed by atoms with E-state index in [9.17, 15) is 0 Å². The lowest BCUT2D eigenvalue weighted by Crippen LogP contribution is -2.39. The molecule has 0 aromatic rings. The van der Waals surface area contributed by atoms with Crippen LogP contribution in [0, 0.1) is 0 Å². The topological polar surface area (TPSA) is 24.4 Å². The maximum Gasteiger partial charge on any atom is 0.157 e. The fourth-order valence-corrected chi connectivity index (χ4v) is 2.82. The summed E-state index contributed by atoms with van der Waals surface area (Å²) in [7, 11) is 0. The summed E-state index contributed by atoms with van der Waals surface area (Å²) in [6, 6.07) is 0.567. The molecule has 0 spiro atoms. The second-order valence-corrected chi connectivity index (χ2v) is 7.74. The van der Waals surface area contributed by atoms with Gasteiger partial charge in [-0.1, -0.05) is 18.7 Å². The summed E-state index contributed by atoms with van der Waals surface area (Å²) in [6.07, 6.45) is 3.38. The van der Waals surface area contributed by atoms with Crippen molar-refractivity contribution in [3.8, 4) is 0 Å². The molecule has 1 aliphatic heterocycles. The Morgan fingerprint density at radius 3 is 2.73 bits per heavy atom. The molecule has 88 valence electrons. The van der Waals surface area contributed by atoms with Gasteiger partial charge in [-0.05, 0) is 33.4 Å². The van der Waals surface area contributed by atoms with E-state index in [-0.39, 0.29) is 4.75 Å². The second-order valence-electron chi connectivity index (χ2n) is 4.79. The fraction of sp³-hybridized carbons (Fsp3) is 0.909. The van der Waals surface area contributed by atoms with Crippen LogP contribution in [0.2, 0.25) is 0 Å². The number of hydrogen-bond donors (Lipinski definition) is 1. The van der Waals surface area contributed by atoms with Crippen LogP contribution in [0.4, 0.5) is 0 Å². The van der Waals surface area contributed by atoms with Gasteiger partial charge in [0.15, 0.2) is 5.17 Å². The van der Waals surface area contributed by atoms with Gasteiger partial charge in [-0.25, -0.2) is 0 Å². The lowest BCUT2D eigenvalue weighted by Gasteiger charge is -2.28. The van der Waals surface area contributed by atoms with Crippen LogP contribution < -0.4 is 5.32 Å². The number of aliphatic imine (C=N–C) groups is 1. The van der Waals surface area contributed by atoms with Crippen LogP contribution in [-0.4, -0.2) is 34.0 Å². The molecule has 2 nitrogen and oxygen atoms in total. The van der Waals surface area contributed by atoms with Crippen molar-refractivity contribution in [2.75, 3.05) is 12.8 Å². The molecule has 0 aromatic heterocycles. The highest BCUT2D eigenvalue weighted by atomic mass is 32.2. The van der Waals surface area contributed by atoms with Gasteiger partial charge in [0.05, 0.1) is 6.54 Å². The van der Waals surface area contributed by atoms with E-state index in [1.165, 1.54) is 6.42 Å². The Hall–Kier alpha value is 0.170. The van der Waals surface area contributed by atoms with Crippen molar-refractivity contribution in [2.24, 2.45) is 4.99 Å². The molecule has 0 saturated carbocycles. The van der Waals surface area contributed by atoms with E-state index in [0.717, 1.165) is 11.7 Å². The van der Waals surface area contributed by atoms with Crippen molar-refractivity contribution < 1.29 is 0 Å². The minimum atomic E-state index is 0.249. The first-order valence-corrected chi connectivity index (χ1v) is 7.56. The third-order valence-corrected chi connectivity index (χ3v) is 4.82. The summed E-state index contributed by atoms with van der Waals surface area (Å²) in [6.45, 7) is 9.87. The average Bonchev–Trinajstić information content (AvgIpc) is 2.14. The van der Waals surface area contributed by atoms with Crippen LogP contribution in [0.15, 0.2) is 4.99 Å². The van der Waals surface area contributed by atoms with Gasteiger partial charge in [-0.3, -0.25) is 4.99 Å². The van der Waals surface area contributed by atoms with Gasteiger partial charge in [0.25, 0.3) is 0 Å². The van der Waals surface area contributed by atoms with Crippen LogP contribution in [-0.2, 0) is 0 Å². The zero-order chi connectivity index (χ0) is 11.5. The highest BCUT2D eigenvalue weighted by molar-refractivity contribution is 8.14. The Morgan fingerprint density at radius 2 is 2.20 bits per heavy atom. The molecule has 0 amide bonds. The summed E-state index contributed by atoms with van der Waals surface area (Å²) in [5.74, 6) is 0. The minimum absolute atomic E-state index is 0.249. The Balaban J connectivity index is 2.52. The maximum atomic E-state index is 4.67.